The van der Waals surface area contributed by atoms with Crippen molar-refractivity contribution in [2.75, 3.05) is 5.32 Å². The van der Waals surface area contributed by atoms with Crippen molar-refractivity contribution in [3.63, 3.8) is 0 Å². The molecule has 4 rings (SSSR count). The number of benzene rings is 2. The lowest BCUT2D eigenvalue weighted by molar-refractivity contribution is 0.102. The van der Waals surface area contributed by atoms with Crippen LogP contribution in [0.5, 0.6) is 0 Å². The number of amides is 1. The molecule has 0 fully saturated rings. The van der Waals surface area contributed by atoms with Crippen molar-refractivity contribution in [1.82, 2.24) is 10.1 Å². The number of aromatic nitrogens is 2. The van der Waals surface area contributed by atoms with E-state index >= 15 is 0 Å². The third kappa shape index (κ3) is 3.59. The summed E-state index contributed by atoms with van der Waals surface area (Å²) in [6.07, 6.45) is 0. The first-order valence-corrected chi connectivity index (χ1v) is 9.76. The quantitative estimate of drug-likeness (QED) is 0.490. The molecule has 2 heterocycles. The van der Waals surface area contributed by atoms with Gasteiger partial charge >= 0.3 is 0 Å². The fourth-order valence-corrected chi connectivity index (χ4v) is 3.74. The highest BCUT2D eigenvalue weighted by molar-refractivity contribution is 7.14. The lowest BCUT2D eigenvalue weighted by Crippen LogP contribution is -2.13. The van der Waals surface area contributed by atoms with Crippen LogP contribution in [0.3, 0.4) is 0 Å². The van der Waals surface area contributed by atoms with Crippen molar-refractivity contribution in [1.29, 1.82) is 0 Å². The number of hydrogen-bond donors (Lipinski definition) is 1. The normalized spacial score (nSPS) is 10.8. The van der Waals surface area contributed by atoms with Gasteiger partial charge in [-0.25, -0.2) is 0 Å². The number of anilines is 1. The van der Waals surface area contributed by atoms with Gasteiger partial charge in [-0.05, 0) is 43.8 Å². The van der Waals surface area contributed by atoms with Gasteiger partial charge in [-0.15, -0.1) is 11.3 Å². The smallest absolute Gasteiger partial charge is 0.270 e. The van der Waals surface area contributed by atoms with Crippen LogP contribution in [0.4, 0.5) is 5.69 Å². The van der Waals surface area contributed by atoms with E-state index in [-0.39, 0.29) is 5.91 Å². The minimum absolute atomic E-state index is 0.157. The van der Waals surface area contributed by atoms with Gasteiger partial charge in [0.1, 0.15) is 4.88 Å². The van der Waals surface area contributed by atoms with Gasteiger partial charge in [-0.2, -0.15) is 4.98 Å². The minimum Gasteiger partial charge on any atom is -0.333 e. The van der Waals surface area contributed by atoms with Crippen molar-refractivity contribution in [3.05, 3.63) is 76.2 Å². The highest BCUT2D eigenvalue weighted by Crippen LogP contribution is 2.34. The van der Waals surface area contributed by atoms with Crippen molar-refractivity contribution in [2.45, 2.75) is 20.8 Å². The fraction of sp³-hybridized carbons (Fsp3) is 0.136. The predicted molar refractivity (Wildman–Crippen MR) is 112 cm³/mol. The van der Waals surface area contributed by atoms with Crippen LogP contribution in [0.15, 0.2) is 58.4 Å². The molecule has 6 heteroatoms. The first-order chi connectivity index (χ1) is 13.5. The van der Waals surface area contributed by atoms with Crippen LogP contribution in [0.1, 0.15) is 27.0 Å². The Morgan fingerprint density at radius 2 is 1.75 bits per heavy atom. The standard InChI is InChI=1S/C22H19N3O2S/c1-13-4-7-16(8-5-13)20-24-22(27-25-20)19-18(10-11-28-19)23-21(26)17-9-6-14(2)12-15(17)3/h4-12H,1-3H3,(H,23,26). The number of nitrogens with zero attached hydrogens (tertiary/aromatic N) is 2. The Morgan fingerprint density at radius 3 is 2.50 bits per heavy atom. The summed E-state index contributed by atoms with van der Waals surface area (Å²) in [5, 5.41) is 8.94. The number of hydrogen-bond acceptors (Lipinski definition) is 5. The molecule has 0 aliphatic rings. The topological polar surface area (TPSA) is 68.0 Å². The van der Waals surface area contributed by atoms with Gasteiger partial charge < -0.3 is 9.84 Å². The van der Waals surface area contributed by atoms with Gasteiger partial charge in [0.05, 0.1) is 5.69 Å². The van der Waals surface area contributed by atoms with E-state index < -0.39 is 0 Å². The zero-order valence-electron chi connectivity index (χ0n) is 15.8. The van der Waals surface area contributed by atoms with Crippen molar-refractivity contribution < 1.29 is 9.32 Å². The summed E-state index contributed by atoms with van der Waals surface area (Å²) in [5.41, 5.74) is 5.43. The molecule has 28 heavy (non-hydrogen) atoms. The predicted octanol–water partition coefficient (Wildman–Crippen LogP) is 5.64. The molecule has 0 saturated heterocycles. The highest BCUT2D eigenvalue weighted by atomic mass is 32.1. The average molecular weight is 389 g/mol. The molecule has 4 aromatic rings. The van der Waals surface area contributed by atoms with Gasteiger partial charge in [-0.3, -0.25) is 4.79 Å². The number of rotatable bonds is 4. The maximum atomic E-state index is 12.7. The van der Waals surface area contributed by atoms with Crippen LogP contribution < -0.4 is 5.32 Å². The van der Waals surface area contributed by atoms with E-state index in [9.17, 15) is 4.79 Å². The zero-order valence-corrected chi connectivity index (χ0v) is 16.6. The summed E-state index contributed by atoms with van der Waals surface area (Å²) < 4.78 is 5.46. The molecule has 2 aromatic heterocycles. The Kier molecular flexibility index (Phi) is 4.79. The summed E-state index contributed by atoms with van der Waals surface area (Å²) in [6.45, 7) is 5.97. The maximum absolute atomic E-state index is 12.7. The number of nitrogens with one attached hydrogen (secondary N) is 1. The summed E-state index contributed by atoms with van der Waals surface area (Å²) in [4.78, 5) is 18.0. The van der Waals surface area contributed by atoms with E-state index in [0.29, 0.717) is 23.0 Å². The first-order valence-electron chi connectivity index (χ1n) is 8.88. The van der Waals surface area contributed by atoms with Crippen molar-refractivity contribution >= 4 is 22.9 Å². The molecule has 0 bridgehead atoms. The van der Waals surface area contributed by atoms with Gasteiger partial charge in [0.25, 0.3) is 11.8 Å². The number of thiophene rings is 1. The molecule has 0 spiro atoms. The molecule has 0 radical (unpaired) electrons. The second-order valence-corrected chi connectivity index (χ2v) is 7.64. The van der Waals surface area contributed by atoms with E-state index in [1.165, 1.54) is 16.9 Å². The Labute approximate surface area is 167 Å². The second-order valence-electron chi connectivity index (χ2n) is 6.73. The average Bonchev–Trinajstić information content (AvgIpc) is 3.31. The van der Waals surface area contributed by atoms with Gasteiger partial charge in [0.15, 0.2) is 0 Å². The Bertz CT molecular complexity index is 1140. The van der Waals surface area contributed by atoms with E-state index in [0.717, 1.165) is 21.6 Å². The molecule has 0 aliphatic heterocycles. The summed E-state index contributed by atoms with van der Waals surface area (Å²) >= 11 is 1.45. The molecule has 1 amide bonds. The summed E-state index contributed by atoms with van der Waals surface area (Å²) in [7, 11) is 0. The van der Waals surface area contributed by atoms with E-state index in [1.807, 2.05) is 74.7 Å². The lowest BCUT2D eigenvalue weighted by atomic mass is 10.1. The van der Waals surface area contributed by atoms with Gasteiger partial charge in [0.2, 0.25) is 5.82 Å². The molecular weight excluding hydrogens is 370 g/mol. The molecule has 1 N–H and O–H groups in total. The summed E-state index contributed by atoms with van der Waals surface area (Å²) in [6, 6.07) is 15.5. The molecular formula is C22H19N3O2S. The van der Waals surface area contributed by atoms with Crippen LogP contribution in [0, 0.1) is 20.8 Å². The Hall–Kier alpha value is -3.25. The van der Waals surface area contributed by atoms with Crippen molar-refractivity contribution in [3.8, 4) is 22.2 Å². The molecule has 140 valence electrons. The van der Waals surface area contributed by atoms with Crippen molar-refractivity contribution in [2.24, 2.45) is 0 Å². The van der Waals surface area contributed by atoms with E-state index in [2.05, 4.69) is 15.5 Å². The maximum Gasteiger partial charge on any atom is 0.270 e. The molecule has 0 saturated carbocycles. The van der Waals surface area contributed by atoms with Gasteiger partial charge in [0, 0.05) is 11.1 Å². The summed E-state index contributed by atoms with van der Waals surface area (Å²) in [5.74, 6) is 0.756. The third-order valence-corrected chi connectivity index (χ3v) is 5.37. The first kappa shape index (κ1) is 18.1. The lowest BCUT2D eigenvalue weighted by Gasteiger charge is -2.08. The number of carbonyl (C=O) groups excluding carboxylic acids is 1. The number of carbonyl (C=O) groups is 1. The number of aryl methyl sites for hydroxylation is 3. The van der Waals surface area contributed by atoms with E-state index in [1.54, 1.807) is 0 Å². The molecule has 0 aliphatic carbocycles. The monoisotopic (exact) mass is 389 g/mol. The Balaban J connectivity index is 1.59. The molecule has 0 atom stereocenters. The molecule has 2 aromatic carbocycles. The fourth-order valence-electron chi connectivity index (χ4n) is 2.97. The zero-order chi connectivity index (χ0) is 19.7. The van der Waals surface area contributed by atoms with E-state index in [4.69, 9.17) is 4.52 Å². The molecule has 0 unspecified atom stereocenters. The third-order valence-electron chi connectivity index (χ3n) is 4.47. The minimum atomic E-state index is -0.157. The van der Waals surface area contributed by atoms with Crippen LogP contribution in [0.25, 0.3) is 22.2 Å². The largest absolute Gasteiger partial charge is 0.333 e. The van der Waals surface area contributed by atoms with Crippen LogP contribution >= 0.6 is 11.3 Å². The Morgan fingerprint density at radius 1 is 1.00 bits per heavy atom. The van der Waals surface area contributed by atoms with Crippen LogP contribution in [-0.2, 0) is 0 Å². The van der Waals surface area contributed by atoms with Crippen LogP contribution in [0.2, 0.25) is 0 Å². The van der Waals surface area contributed by atoms with Gasteiger partial charge in [-0.1, -0.05) is 52.7 Å². The SMILES string of the molecule is Cc1ccc(-c2noc(-c3sccc3NC(=O)c3ccc(C)cc3C)n2)cc1. The second kappa shape index (κ2) is 7.40. The van der Waals surface area contributed by atoms with Crippen LogP contribution in [-0.4, -0.2) is 16.0 Å². The highest BCUT2D eigenvalue weighted by Gasteiger charge is 2.18. The molecule has 5 nitrogen and oxygen atoms in total.